The Labute approximate surface area is 115 Å². The maximum atomic E-state index is 11.4. The van der Waals surface area contributed by atoms with E-state index in [2.05, 4.69) is 9.97 Å². The second-order valence-electron chi connectivity index (χ2n) is 3.73. The average Bonchev–Trinajstić information content (AvgIpc) is 2.45. The highest BCUT2D eigenvalue weighted by molar-refractivity contribution is 7.98. The zero-order chi connectivity index (χ0) is 13.7. The molecule has 0 saturated heterocycles. The highest BCUT2D eigenvalue weighted by atomic mass is 32.2. The van der Waals surface area contributed by atoms with Crippen LogP contribution in [-0.4, -0.2) is 23.3 Å². The Balaban J connectivity index is 2.05. The highest BCUT2D eigenvalue weighted by Crippen LogP contribution is 2.14. The molecule has 6 heteroatoms. The van der Waals surface area contributed by atoms with Crippen molar-refractivity contribution in [2.45, 2.75) is 11.8 Å². The smallest absolute Gasteiger partial charge is 0.255 e. The van der Waals surface area contributed by atoms with Crippen LogP contribution in [0.3, 0.4) is 0 Å². The lowest BCUT2D eigenvalue weighted by molar-refractivity contribution is 0.290. The Bertz CT molecular complexity index is 596. The minimum atomic E-state index is -0.218. The van der Waals surface area contributed by atoms with Gasteiger partial charge in [-0.05, 0) is 24.0 Å². The van der Waals surface area contributed by atoms with Crippen molar-refractivity contribution in [3.8, 4) is 11.6 Å². The monoisotopic (exact) mass is 278 g/mol. The number of aromatic amines is 1. The summed E-state index contributed by atoms with van der Waals surface area (Å²) in [5, 5.41) is 0.539. The molecular formula is C13H14N2O3S. The second kappa shape index (κ2) is 6.29. The first-order valence-corrected chi connectivity index (χ1v) is 6.85. The molecule has 1 aromatic heterocycles. The van der Waals surface area contributed by atoms with Crippen LogP contribution in [0.15, 0.2) is 40.3 Å². The van der Waals surface area contributed by atoms with Crippen LogP contribution in [-0.2, 0) is 6.61 Å². The van der Waals surface area contributed by atoms with Crippen LogP contribution in [0.4, 0.5) is 0 Å². The van der Waals surface area contributed by atoms with Gasteiger partial charge in [0.25, 0.3) is 5.56 Å². The molecule has 0 radical (unpaired) electrons. The van der Waals surface area contributed by atoms with Gasteiger partial charge in [0.1, 0.15) is 12.4 Å². The number of methoxy groups -OCH3 is 1. The second-order valence-corrected chi connectivity index (χ2v) is 4.52. The van der Waals surface area contributed by atoms with Crippen LogP contribution in [0.1, 0.15) is 5.56 Å². The zero-order valence-corrected chi connectivity index (χ0v) is 11.5. The molecular weight excluding hydrogens is 264 g/mol. The molecule has 0 aliphatic carbocycles. The zero-order valence-electron chi connectivity index (χ0n) is 10.7. The lowest BCUT2D eigenvalue weighted by Crippen LogP contribution is -2.09. The summed E-state index contributed by atoms with van der Waals surface area (Å²) in [5.74, 6) is 1.12. The first kappa shape index (κ1) is 13.5. The molecule has 2 aromatic rings. The largest absolute Gasteiger partial charge is 0.497 e. The van der Waals surface area contributed by atoms with E-state index in [0.29, 0.717) is 17.6 Å². The van der Waals surface area contributed by atoms with Crippen LogP contribution in [0.5, 0.6) is 11.6 Å². The number of hydrogen-bond acceptors (Lipinski definition) is 5. The van der Waals surface area contributed by atoms with E-state index in [1.54, 1.807) is 7.11 Å². The molecule has 1 aromatic carbocycles. The van der Waals surface area contributed by atoms with Gasteiger partial charge in [0.15, 0.2) is 5.16 Å². The molecule has 1 N–H and O–H groups in total. The normalized spacial score (nSPS) is 10.2. The summed E-state index contributed by atoms with van der Waals surface area (Å²) in [6.45, 7) is 0.355. The number of benzene rings is 1. The summed E-state index contributed by atoms with van der Waals surface area (Å²) in [6, 6.07) is 8.86. The van der Waals surface area contributed by atoms with Gasteiger partial charge in [-0.3, -0.25) is 4.79 Å². The van der Waals surface area contributed by atoms with Gasteiger partial charge in [-0.1, -0.05) is 23.9 Å². The Hall–Kier alpha value is -1.95. The summed E-state index contributed by atoms with van der Waals surface area (Å²) in [4.78, 5) is 18.1. The summed E-state index contributed by atoms with van der Waals surface area (Å²) in [7, 11) is 1.62. The number of ether oxygens (including phenoxy) is 2. The van der Waals surface area contributed by atoms with Crippen LogP contribution in [0.25, 0.3) is 0 Å². The Kier molecular flexibility index (Phi) is 4.46. The SMILES string of the molecule is COc1ccc(COc2cc(=O)[nH]c(SC)n2)cc1. The summed E-state index contributed by atoms with van der Waals surface area (Å²) in [6.07, 6.45) is 1.84. The molecule has 0 saturated carbocycles. The fraction of sp³-hybridized carbons (Fsp3) is 0.231. The Morgan fingerprint density at radius 1 is 1.32 bits per heavy atom. The number of nitrogens with zero attached hydrogens (tertiary/aromatic N) is 1. The van der Waals surface area contributed by atoms with Crippen molar-refractivity contribution in [2.24, 2.45) is 0 Å². The first-order chi connectivity index (χ1) is 9.21. The van der Waals surface area contributed by atoms with E-state index in [4.69, 9.17) is 9.47 Å². The van der Waals surface area contributed by atoms with Gasteiger partial charge in [0, 0.05) is 0 Å². The van der Waals surface area contributed by atoms with Gasteiger partial charge < -0.3 is 14.5 Å². The summed E-state index contributed by atoms with van der Waals surface area (Å²) in [5.41, 5.74) is 0.762. The van der Waals surface area contributed by atoms with Crippen molar-refractivity contribution in [3.63, 3.8) is 0 Å². The van der Waals surface area contributed by atoms with Crippen LogP contribution in [0.2, 0.25) is 0 Å². The molecule has 0 spiro atoms. The van der Waals surface area contributed by atoms with Crippen molar-refractivity contribution in [2.75, 3.05) is 13.4 Å². The number of thioether (sulfide) groups is 1. The van der Waals surface area contributed by atoms with Gasteiger partial charge in [0.2, 0.25) is 5.88 Å². The molecule has 0 bridgehead atoms. The van der Waals surface area contributed by atoms with Crippen LogP contribution >= 0.6 is 11.8 Å². The summed E-state index contributed by atoms with van der Waals surface area (Å²) < 4.78 is 10.6. The van der Waals surface area contributed by atoms with Crippen molar-refractivity contribution in [1.82, 2.24) is 9.97 Å². The fourth-order valence-electron chi connectivity index (χ4n) is 1.46. The number of aromatic nitrogens is 2. The van der Waals surface area contributed by atoms with E-state index >= 15 is 0 Å². The lowest BCUT2D eigenvalue weighted by atomic mass is 10.2. The molecule has 5 nitrogen and oxygen atoms in total. The van der Waals surface area contributed by atoms with Crippen LogP contribution < -0.4 is 15.0 Å². The summed E-state index contributed by atoms with van der Waals surface area (Å²) >= 11 is 1.36. The quantitative estimate of drug-likeness (QED) is 0.670. The van der Waals surface area contributed by atoms with Crippen molar-refractivity contribution < 1.29 is 9.47 Å². The highest BCUT2D eigenvalue weighted by Gasteiger charge is 2.02. The molecule has 0 unspecified atom stereocenters. The van der Waals surface area contributed by atoms with Gasteiger partial charge in [0.05, 0.1) is 13.2 Å². The molecule has 0 aliphatic heterocycles. The number of H-pyrrole nitrogens is 1. The molecule has 0 aliphatic rings. The first-order valence-electron chi connectivity index (χ1n) is 5.62. The molecule has 19 heavy (non-hydrogen) atoms. The minimum absolute atomic E-state index is 0.218. The molecule has 1 heterocycles. The number of rotatable bonds is 5. The maximum Gasteiger partial charge on any atom is 0.255 e. The molecule has 2 rings (SSSR count). The predicted octanol–water partition coefficient (Wildman–Crippen LogP) is 2.08. The van der Waals surface area contributed by atoms with Crippen LogP contribution in [0, 0.1) is 0 Å². The minimum Gasteiger partial charge on any atom is -0.497 e. The van der Waals surface area contributed by atoms with Gasteiger partial charge >= 0.3 is 0 Å². The predicted molar refractivity (Wildman–Crippen MR) is 74.0 cm³/mol. The van der Waals surface area contributed by atoms with E-state index in [9.17, 15) is 4.79 Å². The third-order valence-corrected chi connectivity index (χ3v) is 3.02. The molecule has 0 fully saturated rings. The fourth-order valence-corrected chi connectivity index (χ4v) is 1.85. The van der Waals surface area contributed by atoms with E-state index in [1.165, 1.54) is 17.8 Å². The molecule has 0 atom stereocenters. The Morgan fingerprint density at radius 3 is 2.68 bits per heavy atom. The van der Waals surface area contributed by atoms with E-state index < -0.39 is 0 Å². The number of hydrogen-bond donors (Lipinski definition) is 1. The van der Waals surface area contributed by atoms with Gasteiger partial charge in [-0.2, -0.15) is 4.98 Å². The van der Waals surface area contributed by atoms with E-state index in [1.807, 2.05) is 30.5 Å². The standard InChI is InChI=1S/C13H14N2O3S/c1-17-10-5-3-9(4-6-10)8-18-12-7-11(16)14-13(15-12)19-2/h3-7H,8H2,1-2H3,(H,14,15,16). The van der Waals surface area contributed by atoms with Gasteiger partial charge in [-0.15, -0.1) is 0 Å². The number of nitrogens with one attached hydrogen (secondary N) is 1. The maximum absolute atomic E-state index is 11.4. The van der Waals surface area contributed by atoms with Crippen molar-refractivity contribution >= 4 is 11.8 Å². The van der Waals surface area contributed by atoms with Gasteiger partial charge in [-0.25, -0.2) is 0 Å². The van der Waals surface area contributed by atoms with E-state index in [-0.39, 0.29) is 5.56 Å². The average molecular weight is 278 g/mol. The third-order valence-electron chi connectivity index (χ3n) is 2.44. The van der Waals surface area contributed by atoms with Crippen molar-refractivity contribution in [3.05, 3.63) is 46.2 Å². The lowest BCUT2D eigenvalue weighted by Gasteiger charge is -2.06. The van der Waals surface area contributed by atoms with Crippen molar-refractivity contribution in [1.29, 1.82) is 0 Å². The third kappa shape index (κ3) is 3.75. The van der Waals surface area contributed by atoms with E-state index in [0.717, 1.165) is 11.3 Å². The molecule has 0 amide bonds. The topological polar surface area (TPSA) is 64.2 Å². The Morgan fingerprint density at radius 2 is 2.05 bits per heavy atom. The molecule has 100 valence electrons.